The maximum Gasteiger partial charge on any atom is 0.163 e. The van der Waals surface area contributed by atoms with Crippen LogP contribution in [0.5, 0.6) is 0 Å². The summed E-state index contributed by atoms with van der Waals surface area (Å²) < 4.78 is 25.7. The Morgan fingerprint density at radius 1 is 1.06 bits per heavy atom. The highest BCUT2D eigenvalue weighted by molar-refractivity contribution is 5.96. The van der Waals surface area contributed by atoms with Gasteiger partial charge in [-0.25, -0.2) is 8.78 Å². The zero-order chi connectivity index (χ0) is 13.0. The molecule has 0 fully saturated rings. The third kappa shape index (κ3) is 2.97. The Morgan fingerprint density at radius 3 is 2.44 bits per heavy atom. The van der Waals surface area contributed by atoms with Gasteiger partial charge in [0.05, 0.1) is 0 Å². The molecule has 0 atom stereocenters. The molecule has 2 nitrogen and oxygen atoms in total. The molecule has 4 heteroatoms. The minimum atomic E-state index is -0.996. The standard InChI is InChI=1S/C14H11F2NO/c15-12-3-2-11(9-13(12)16)14(18)4-1-10-5-7-17-8-6-10/h2-3,5-9H,1,4H2. The first kappa shape index (κ1) is 12.4. The highest BCUT2D eigenvalue weighted by atomic mass is 19.2. The van der Waals surface area contributed by atoms with Crippen LogP contribution in [-0.4, -0.2) is 10.8 Å². The van der Waals surface area contributed by atoms with Crippen molar-refractivity contribution < 1.29 is 13.6 Å². The van der Waals surface area contributed by atoms with Crippen LogP contribution < -0.4 is 0 Å². The minimum Gasteiger partial charge on any atom is -0.294 e. The van der Waals surface area contributed by atoms with Crippen molar-refractivity contribution in [1.29, 1.82) is 0 Å². The van der Waals surface area contributed by atoms with E-state index in [4.69, 9.17) is 0 Å². The van der Waals surface area contributed by atoms with Crippen molar-refractivity contribution in [1.82, 2.24) is 4.98 Å². The Morgan fingerprint density at radius 2 is 1.78 bits per heavy atom. The molecule has 0 aliphatic rings. The Balaban J connectivity index is 2.02. The Hall–Kier alpha value is -2.10. The molecular formula is C14H11F2NO. The predicted molar refractivity (Wildman–Crippen MR) is 63.2 cm³/mol. The lowest BCUT2D eigenvalue weighted by atomic mass is 10.0. The van der Waals surface area contributed by atoms with Gasteiger partial charge in [-0.05, 0) is 42.3 Å². The highest BCUT2D eigenvalue weighted by Gasteiger charge is 2.09. The van der Waals surface area contributed by atoms with Gasteiger partial charge < -0.3 is 0 Å². The summed E-state index contributed by atoms with van der Waals surface area (Å²) in [6.45, 7) is 0. The fourth-order valence-corrected chi connectivity index (χ4v) is 1.62. The number of benzene rings is 1. The molecule has 0 spiro atoms. The van der Waals surface area contributed by atoms with Gasteiger partial charge in [-0.15, -0.1) is 0 Å². The van der Waals surface area contributed by atoms with Crippen LogP contribution >= 0.6 is 0 Å². The van der Waals surface area contributed by atoms with Crippen LogP contribution in [0, 0.1) is 11.6 Å². The molecule has 18 heavy (non-hydrogen) atoms. The number of aryl methyl sites for hydroxylation is 1. The van der Waals surface area contributed by atoms with E-state index >= 15 is 0 Å². The summed E-state index contributed by atoms with van der Waals surface area (Å²) >= 11 is 0. The summed E-state index contributed by atoms with van der Waals surface area (Å²) in [7, 11) is 0. The monoisotopic (exact) mass is 247 g/mol. The van der Waals surface area contributed by atoms with Crippen molar-refractivity contribution in [3.05, 3.63) is 65.5 Å². The summed E-state index contributed by atoms with van der Waals surface area (Å²) in [4.78, 5) is 15.7. The number of aromatic nitrogens is 1. The maximum absolute atomic E-state index is 13.0. The lowest BCUT2D eigenvalue weighted by Crippen LogP contribution is -2.02. The largest absolute Gasteiger partial charge is 0.294 e. The number of rotatable bonds is 4. The normalized spacial score (nSPS) is 10.3. The molecule has 0 N–H and O–H groups in total. The molecule has 1 aromatic heterocycles. The predicted octanol–water partition coefficient (Wildman–Crippen LogP) is 3.18. The molecule has 1 heterocycles. The number of hydrogen-bond acceptors (Lipinski definition) is 2. The van der Waals surface area contributed by atoms with Crippen LogP contribution in [0.1, 0.15) is 22.3 Å². The zero-order valence-corrected chi connectivity index (χ0v) is 9.57. The second-order valence-corrected chi connectivity index (χ2v) is 3.91. The zero-order valence-electron chi connectivity index (χ0n) is 9.57. The Kier molecular flexibility index (Phi) is 3.77. The fraction of sp³-hybridized carbons (Fsp3) is 0.143. The summed E-state index contributed by atoms with van der Waals surface area (Å²) in [5.74, 6) is -2.14. The van der Waals surface area contributed by atoms with Crippen LogP contribution in [0.3, 0.4) is 0 Å². The van der Waals surface area contributed by atoms with Crippen LogP contribution in [0.15, 0.2) is 42.7 Å². The van der Waals surface area contributed by atoms with Crippen molar-refractivity contribution >= 4 is 5.78 Å². The summed E-state index contributed by atoms with van der Waals surface area (Å²) in [6, 6.07) is 6.84. The number of pyridine rings is 1. The molecule has 0 unspecified atom stereocenters. The molecule has 0 aliphatic heterocycles. The van der Waals surface area contributed by atoms with Crippen LogP contribution in [0.4, 0.5) is 8.78 Å². The first-order chi connectivity index (χ1) is 8.66. The van der Waals surface area contributed by atoms with Gasteiger partial charge in [-0.1, -0.05) is 0 Å². The Labute approximate surface area is 103 Å². The first-order valence-corrected chi connectivity index (χ1v) is 5.54. The van der Waals surface area contributed by atoms with E-state index in [0.29, 0.717) is 6.42 Å². The van der Waals surface area contributed by atoms with Gasteiger partial charge in [-0.2, -0.15) is 0 Å². The van der Waals surface area contributed by atoms with E-state index in [1.807, 2.05) is 12.1 Å². The number of halogens is 2. The van der Waals surface area contributed by atoms with Crippen LogP contribution in [0.25, 0.3) is 0 Å². The van der Waals surface area contributed by atoms with E-state index in [1.54, 1.807) is 12.4 Å². The van der Waals surface area contributed by atoms with E-state index in [0.717, 1.165) is 17.7 Å². The second-order valence-electron chi connectivity index (χ2n) is 3.91. The van der Waals surface area contributed by atoms with Gasteiger partial charge in [0.1, 0.15) is 0 Å². The average Bonchev–Trinajstić information content (AvgIpc) is 2.40. The van der Waals surface area contributed by atoms with E-state index in [2.05, 4.69) is 4.98 Å². The third-order valence-electron chi connectivity index (χ3n) is 2.63. The van der Waals surface area contributed by atoms with Gasteiger partial charge in [-0.3, -0.25) is 9.78 Å². The van der Waals surface area contributed by atoms with Gasteiger partial charge in [0.2, 0.25) is 0 Å². The van der Waals surface area contributed by atoms with Crippen LogP contribution in [-0.2, 0) is 6.42 Å². The molecule has 0 saturated heterocycles. The summed E-state index contributed by atoms with van der Waals surface area (Å²) in [5.41, 5.74) is 1.18. The molecule has 2 aromatic rings. The molecule has 0 bridgehead atoms. The quantitative estimate of drug-likeness (QED) is 0.777. The van der Waals surface area contributed by atoms with Crippen molar-refractivity contribution in [3.8, 4) is 0 Å². The smallest absolute Gasteiger partial charge is 0.163 e. The second kappa shape index (κ2) is 5.49. The lowest BCUT2D eigenvalue weighted by Gasteiger charge is -2.02. The number of carbonyl (C=O) groups is 1. The third-order valence-corrected chi connectivity index (χ3v) is 2.63. The topological polar surface area (TPSA) is 30.0 Å². The van der Waals surface area contributed by atoms with Crippen molar-refractivity contribution in [2.75, 3.05) is 0 Å². The lowest BCUT2D eigenvalue weighted by molar-refractivity contribution is 0.0982. The van der Waals surface area contributed by atoms with Gasteiger partial charge in [0.25, 0.3) is 0 Å². The molecular weight excluding hydrogens is 236 g/mol. The van der Waals surface area contributed by atoms with E-state index < -0.39 is 11.6 Å². The van der Waals surface area contributed by atoms with Crippen molar-refractivity contribution in [2.45, 2.75) is 12.8 Å². The first-order valence-electron chi connectivity index (χ1n) is 5.54. The SMILES string of the molecule is O=C(CCc1ccncc1)c1ccc(F)c(F)c1. The number of carbonyl (C=O) groups excluding carboxylic acids is 1. The van der Waals surface area contributed by atoms with E-state index in [-0.39, 0.29) is 17.8 Å². The average molecular weight is 247 g/mol. The van der Waals surface area contributed by atoms with Gasteiger partial charge in [0, 0.05) is 24.4 Å². The summed E-state index contributed by atoms with van der Waals surface area (Å²) in [6.07, 6.45) is 4.12. The minimum absolute atomic E-state index is 0.197. The number of Topliss-reactive ketones (excluding diaryl/α,β-unsaturated/α-hetero) is 1. The molecule has 0 saturated carbocycles. The van der Waals surface area contributed by atoms with Crippen molar-refractivity contribution in [3.63, 3.8) is 0 Å². The number of nitrogens with zero attached hydrogens (tertiary/aromatic N) is 1. The maximum atomic E-state index is 13.0. The molecule has 0 amide bonds. The van der Waals surface area contributed by atoms with E-state index in [1.165, 1.54) is 6.07 Å². The number of hydrogen-bond donors (Lipinski definition) is 0. The molecule has 1 aromatic carbocycles. The van der Waals surface area contributed by atoms with Gasteiger partial charge >= 0.3 is 0 Å². The van der Waals surface area contributed by atoms with Gasteiger partial charge in [0.15, 0.2) is 17.4 Å². The Bertz CT molecular complexity index is 555. The molecule has 0 radical (unpaired) electrons. The summed E-state index contributed by atoms with van der Waals surface area (Å²) in [5, 5.41) is 0. The highest BCUT2D eigenvalue weighted by Crippen LogP contribution is 2.12. The van der Waals surface area contributed by atoms with Crippen molar-refractivity contribution in [2.24, 2.45) is 0 Å². The van der Waals surface area contributed by atoms with Crippen LogP contribution in [0.2, 0.25) is 0 Å². The van der Waals surface area contributed by atoms with E-state index in [9.17, 15) is 13.6 Å². The molecule has 2 rings (SSSR count). The fourth-order valence-electron chi connectivity index (χ4n) is 1.62. The molecule has 92 valence electrons. The molecule has 0 aliphatic carbocycles. The number of ketones is 1.